The number of aromatic nitrogens is 3. The Kier molecular flexibility index (Phi) is 3.79. The highest BCUT2D eigenvalue weighted by atomic mass is 35.5. The molecule has 6 nitrogen and oxygen atoms in total. The maximum Gasteiger partial charge on any atom is 0.272 e. The molecule has 0 aliphatic carbocycles. The van der Waals surface area contributed by atoms with E-state index in [0.717, 1.165) is 18.8 Å². The van der Waals surface area contributed by atoms with Gasteiger partial charge in [-0.1, -0.05) is 11.6 Å². The van der Waals surface area contributed by atoms with E-state index in [1.807, 2.05) is 11.0 Å². The van der Waals surface area contributed by atoms with E-state index in [1.165, 1.54) is 0 Å². The highest BCUT2D eigenvalue weighted by molar-refractivity contribution is 6.33. The Balaban J connectivity index is 1.67. The lowest BCUT2D eigenvalue weighted by Crippen LogP contribution is -2.49. The van der Waals surface area contributed by atoms with E-state index in [2.05, 4.69) is 15.0 Å². The topological polar surface area (TPSA) is 54.3 Å². The minimum atomic E-state index is 0.0236. The molecule has 1 saturated heterocycles. The molecule has 3 rings (SSSR count). The van der Waals surface area contributed by atoms with Gasteiger partial charge in [0.2, 0.25) is 0 Å². The fraction of sp³-hybridized carbons (Fsp3) is 0.357. The fourth-order valence-corrected chi connectivity index (χ4v) is 2.76. The first-order valence-electron chi connectivity index (χ1n) is 6.78. The van der Waals surface area contributed by atoms with Crippen molar-refractivity contribution in [2.24, 2.45) is 7.05 Å². The van der Waals surface area contributed by atoms with Crippen LogP contribution >= 0.6 is 11.6 Å². The van der Waals surface area contributed by atoms with Gasteiger partial charge in [-0.25, -0.2) is 0 Å². The van der Waals surface area contributed by atoms with Gasteiger partial charge in [0, 0.05) is 51.8 Å². The average molecular weight is 306 g/mol. The van der Waals surface area contributed by atoms with Gasteiger partial charge in [-0.05, 0) is 12.1 Å². The molecule has 1 fully saturated rings. The van der Waals surface area contributed by atoms with E-state index in [0.29, 0.717) is 23.8 Å². The van der Waals surface area contributed by atoms with Gasteiger partial charge in [-0.3, -0.25) is 14.5 Å². The zero-order chi connectivity index (χ0) is 14.8. The molecule has 1 aliphatic heterocycles. The quantitative estimate of drug-likeness (QED) is 0.842. The van der Waals surface area contributed by atoms with Crippen molar-refractivity contribution in [2.45, 2.75) is 0 Å². The summed E-state index contributed by atoms with van der Waals surface area (Å²) in [5, 5.41) is 4.68. The van der Waals surface area contributed by atoms with Crippen LogP contribution in [0, 0.1) is 0 Å². The van der Waals surface area contributed by atoms with Gasteiger partial charge in [0.05, 0.1) is 10.7 Å². The first-order chi connectivity index (χ1) is 10.2. The number of aryl methyl sites for hydroxylation is 1. The largest absolute Gasteiger partial charge is 0.367 e. The lowest BCUT2D eigenvalue weighted by molar-refractivity contribution is 0.0735. The van der Waals surface area contributed by atoms with E-state index >= 15 is 0 Å². The molecule has 2 aromatic rings. The Hall–Kier alpha value is -2.08. The molecule has 0 N–H and O–H groups in total. The number of hydrogen-bond donors (Lipinski definition) is 0. The van der Waals surface area contributed by atoms with E-state index in [-0.39, 0.29) is 5.91 Å². The number of pyridine rings is 1. The number of amides is 1. The van der Waals surface area contributed by atoms with Gasteiger partial charge in [0.1, 0.15) is 5.69 Å². The summed E-state index contributed by atoms with van der Waals surface area (Å²) < 4.78 is 1.61. The lowest BCUT2D eigenvalue weighted by atomic mass is 10.2. The summed E-state index contributed by atoms with van der Waals surface area (Å²) in [4.78, 5) is 20.4. The lowest BCUT2D eigenvalue weighted by Gasteiger charge is -2.36. The van der Waals surface area contributed by atoms with E-state index in [1.54, 1.807) is 36.4 Å². The van der Waals surface area contributed by atoms with E-state index < -0.39 is 0 Å². The van der Waals surface area contributed by atoms with Crippen molar-refractivity contribution < 1.29 is 4.79 Å². The van der Waals surface area contributed by atoms with Gasteiger partial charge in [0.25, 0.3) is 5.91 Å². The molecule has 3 heterocycles. The van der Waals surface area contributed by atoms with Crippen LogP contribution in [-0.2, 0) is 7.05 Å². The van der Waals surface area contributed by atoms with Crippen molar-refractivity contribution >= 4 is 23.2 Å². The first-order valence-corrected chi connectivity index (χ1v) is 7.16. The monoisotopic (exact) mass is 305 g/mol. The van der Waals surface area contributed by atoms with Crippen molar-refractivity contribution in [3.8, 4) is 0 Å². The predicted octanol–water partition coefficient (Wildman–Crippen LogP) is 1.43. The van der Waals surface area contributed by atoms with Crippen LogP contribution in [0.3, 0.4) is 0 Å². The second-order valence-electron chi connectivity index (χ2n) is 4.95. The Morgan fingerprint density at radius 3 is 2.57 bits per heavy atom. The van der Waals surface area contributed by atoms with Crippen LogP contribution in [-0.4, -0.2) is 51.8 Å². The number of carbonyl (C=O) groups excluding carboxylic acids is 1. The standard InChI is InChI=1S/C14H16ClN5O/c1-18-13(3-5-17-18)14(21)20-8-6-19(7-9-20)12-2-4-16-10-11(12)15/h2-5,10H,6-9H2,1H3. The third-order valence-corrected chi connectivity index (χ3v) is 3.99. The summed E-state index contributed by atoms with van der Waals surface area (Å²) in [5.74, 6) is 0.0236. The van der Waals surface area contributed by atoms with Crippen LogP contribution in [0.25, 0.3) is 0 Å². The zero-order valence-corrected chi connectivity index (χ0v) is 12.5. The molecule has 0 radical (unpaired) electrons. The molecule has 0 bridgehead atoms. The third kappa shape index (κ3) is 2.71. The fourth-order valence-electron chi connectivity index (χ4n) is 2.52. The summed E-state index contributed by atoms with van der Waals surface area (Å²) in [6.45, 7) is 2.85. The summed E-state index contributed by atoms with van der Waals surface area (Å²) in [6.07, 6.45) is 5.01. The molecule has 1 amide bonds. The number of carbonyl (C=O) groups is 1. The molecule has 7 heteroatoms. The van der Waals surface area contributed by atoms with Crippen molar-refractivity contribution in [3.05, 3.63) is 41.4 Å². The summed E-state index contributed by atoms with van der Waals surface area (Å²) in [7, 11) is 1.78. The van der Waals surface area contributed by atoms with Gasteiger partial charge in [-0.15, -0.1) is 0 Å². The molecule has 1 aliphatic rings. The Bertz CT molecular complexity index is 648. The Morgan fingerprint density at radius 1 is 1.19 bits per heavy atom. The van der Waals surface area contributed by atoms with Gasteiger partial charge >= 0.3 is 0 Å². The SMILES string of the molecule is Cn1nccc1C(=O)N1CCN(c2ccncc2Cl)CC1. The number of nitrogens with zero attached hydrogens (tertiary/aromatic N) is 5. The van der Waals surface area contributed by atoms with Crippen LogP contribution in [0.4, 0.5) is 5.69 Å². The maximum atomic E-state index is 12.4. The summed E-state index contributed by atoms with van der Waals surface area (Å²) in [5.41, 5.74) is 1.59. The molecule has 2 aromatic heterocycles. The minimum Gasteiger partial charge on any atom is -0.367 e. The molecule has 21 heavy (non-hydrogen) atoms. The second-order valence-corrected chi connectivity index (χ2v) is 5.35. The number of halogens is 1. The van der Waals surface area contributed by atoms with Gasteiger partial charge in [-0.2, -0.15) is 5.10 Å². The smallest absolute Gasteiger partial charge is 0.272 e. The van der Waals surface area contributed by atoms with Crippen molar-refractivity contribution in [2.75, 3.05) is 31.1 Å². The summed E-state index contributed by atoms with van der Waals surface area (Å²) in [6, 6.07) is 3.65. The highest BCUT2D eigenvalue weighted by Crippen LogP contribution is 2.25. The number of hydrogen-bond acceptors (Lipinski definition) is 4. The predicted molar refractivity (Wildman–Crippen MR) is 80.6 cm³/mol. The Morgan fingerprint density at radius 2 is 1.95 bits per heavy atom. The summed E-state index contributed by atoms with van der Waals surface area (Å²) >= 11 is 6.16. The van der Waals surface area contributed by atoms with Crippen molar-refractivity contribution in [1.29, 1.82) is 0 Å². The van der Waals surface area contributed by atoms with Gasteiger partial charge in [0.15, 0.2) is 0 Å². The molecule has 0 atom stereocenters. The van der Waals surface area contributed by atoms with Crippen LogP contribution in [0.1, 0.15) is 10.5 Å². The van der Waals surface area contributed by atoms with Crippen LogP contribution < -0.4 is 4.90 Å². The van der Waals surface area contributed by atoms with Crippen molar-refractivity contribution in [3.63, 3.8) is 0 Å². The molecular weight excluding hydrogens is 290 g/mol. The number of anilines is 1. The normalized spacial score (nSPS) is 15.3. The molecule has 110 valence electrons. The van der Waals surface area contributed by atoms with Crippen LogP contribution in [0.2, 0.25) is 5.02 Å². The minimum absolute atomic E-state index is 0.0236. The average Bonchev–Trinajstić information content (AvgIpc) is 2.93. The Labute approximate surface area is 127 Å². The third-order valence-electron chi connectivity index (χ3n) is 3.70. The maximum absolute atomic E-state index is 12.4. The van der Waals surface area contributed by atoms with E-state index in [9.17, 15) is 4.79 Å². The molecule has 0 aromatic carbocycles. The van der Waals surface area contributed by atoms with E-state index in [4.69, 9.17) is 11.6 Å². The molecule has 0 spiro atoms. The molecule has 0 saturated carbocycles. The van der Waals surface area contributed by atoms with Crippen LogP contribution in [0.15, 0.2) is 30.7 Å². The highest BCUT2D eigenvalue weighted by Gasteiger charge is 2.24. The number of piperazine rings is 1. The second kappa shape index (κ2) is 5.73. The first kappa shape index (κ1) is 13.9. The van der Waals surface area contributed by atoms with Crippen molar-refractivity contribution in [1.82, 2.24) is 19.7 Å². The zero-order valence-electron chi connectivity index (χ0n) is 11.7. The van der Waals surface area contributed by atoms with Gasteiger partial charge < -0.3 is 9.80 Å². The van der Waals surface area contributed by atoms with Crippen LogP contribution in [0.5, 0.6) is 0 Å². The number of rotatable bonds is 2. The molecule has 0 unspecified atom stereocenters. The molecular formula is C14H16ClN5O.